The first-order chi connectivity index (χ1) is 23.7. The molecule has 0 aliphatic heterocycles. The van der Waals surface area contributed by atoms with E-state index in [9.17, 15) is 54.3 Å². The molecule has 0 radical (unpaired) electrons. The van der Waals surface area contributed by atoms with Gasteiger partial charge in [0.2, 0.25) is 0 Å². The summed E-state index contributed by atoms with van der Waals surface area (Å²) in [5.41, 5.74) is -7.47. The Balaban J connectivity index is -0.00000400. The molecule has 4 N–H and O–H groups in total. The van der Waals surface area contributed by atoms with E-state index in [1.165, 1.54) is 77.0 Å². The van der Waals surface area contributed by atoms with Crippen LogP contribution in [0.3, 0.4) is 0 Å². The van der Waals surface area contributed by atoms with Gasteiger partial charge in [-0.15, -0.1) is 0 Å². The number of rotatable bonds is 36. The zero-order valence-electron chi connectivity index (χ0n) is 34.3. The second kappa shape index (κ2) is 36.8. The van der Waals surface area contributed by atoms with E-state index in [-0.39, 0.29) is 102 Å². The van der Waals surface area contributed by atoms with Crippen molar-refractivity contribution in [3.8, 4) is 0 Å². The molecule has 0 aromatic rings. The Bertz CT molecular complexity index is 972. The van der Waals surface area contributed by atoms with Crippen LogP contribution in [0, 0.1) is 5.92 Å². The molecular weight excluding hydrogens is 732 g/mol. The minimum absolute atomic E-state index is 0. The van der Waals surface area contributed by atoms with Gasteiger partial charge in [-0.3, -0.25) is 9.59 Å². The van der Waals surface area contributed by atoms with Crippen molar-refractivity contribution in [1.82, 2.24) is 0 Å². The third-order valence-corrected chi connectivity index (χ3v) is 11.0. The van der Waals surface area contributed by atoms with E-state index in [0.29, 0.717) is 12.8 Å². The third kappa shape index (κ3) is 25.8. The van der Waals surface area contributed by atoms with Crippen molar-refractivity contribution in [1.29, 1.82) is 0 Å². The SMILES string of the molecule is CCCCCCCCCCCCCCCC(=O)C(C(O)(CO)C(=O)CCCCCCCCCCCCCCC)C(O)(C(=O)[O-])C(O)P(=O)([O-])[O-].[Na+].[Na+].[Na+]. The molecule has 0 aliphatic carbocycles. The molecule has 0 aliphatic rings. The minimum Gasteiger partial charge on any atom is -0.809 e. The quantitative estimate of drug-likeness (QED) is 0.0273. The fourth-order valence-electron chi connectivity index (χ4n) is 6.81. The zero-order valence-corrected chi connectivity index (χ0v) is 41.1. The molecule has 0 amide bonds. The van der Waals surface area contributed by atoms with Gasteiger partial charge in [0.25, 0.3) is 0 Å². The predicted octanol–water partition coefficient (Wildman–Crippen LogP) is -3.85. The number of aliphatic hydroxyl groups excluding tert-OH is 2. The van der Waals surface area contributed by atoms with Crippen molar-refractivity contribution in [2.45, 2.75) is 211 Å². The van der Waals surface area contributed by atoms with Crippen molar-refractivity contribution in [2.75, 3.05) is 6.61 Å². The number of ketones is 2. The smallest absolute Gasteiger partial charge is 0.809 e. The molecule has 0 saturated heterocycles. The summed E-state index contributed by atoms with van der Waals surface area (Å²) >= 11 is 0. The average Bonchev–Trinajstić information content (AvgIpc) is 3.07. The first-order valence-electron chi connectivity index (χ1n) is 19.8. The maximum atomic E-state index is 13.4. The molecule has 11 nitrogen and oxygen atoms in total. The van der Waals surface area contributed by atoms with Gasteiger partial charge in [0.15, 0.2) is 11.4 Å². The molecule has 0 aromatic heterocycles. The monoisotopic (exact) mass is 802 g/mol. The molecule has 0 rings (SSSR count). The number of hydrogen-bond acceptors (Lipinski definition) is 11. The van der Waals surface area contributed by atoms with Gasteiger partial charge in [-0.1, -0.05) is 168 Å². The van der Waals surface area contributed by atoms with E-state index in [2.05, 4.69) is 13.8 Å². The molecule has 0 saturated carbocycles. The molecule has 4 unspecified atom stereocenters. The number of aliphatic carboxylic acids is 1. The number of carbonyl (C=O) groups is 3. The van der Waals surface area contributed by atoms with Gasteiger partial charge in [0.05, 0.1) is 18.5 Å². The van der Waals surface area contributed by atoms with Gasteiger partial charge >= 0.3 is 88.7 Å². The number of carboxylic acid groups (broad SMARTS) is 1. The van der Waals surface area contributed by atoms with Crippen LogP contribution in [-0.4, -0.2) is 61.6 Å². The number of hydrogen-bond donors (Lipinski definition) is 4. The van der Waals surface area contributed by atoms with Crippen LogP contribution in [0.2, 0.25) is 0 Å². The Morgan fingerprint density at radius 1 is 0.566 bits per heavy atom. The normalized spacial score (nSPS) is 14.8. The molecule has 4 atom stereocenters. The Labute approximate surface area is 387 Å². The van der Waals surface area contributed by atoms with Gasteiger partial charge in [-0.05, 0) is 20.4 Å². The van der Waals surface area contributed by atoms with Crippen molar-refractivity contribution < 1.29 is 143 Å². The molecule has 296 valence electrons. The molecule has 0 bridgehead atoms. The maximum Gasteiger partial charge on any atom is 1.00 e. The largest absolute Gasteiger partial charge is 1.00 e. The zero-order chi connectivity index (χ0) is 37.9. The van der Waals surface area contributed by atoms with Crippen LogP contribution in [0.15, 0.2) is 0 Å². The number of carboxylic acids is 1. The first-order valence-corrected chi connectivity index (χ1v) is 21.4. The van der Waals surface area contributed by atoms with Gasteiger partial charge in [0, 0.05) is 12.8 Å². The number of carbonyl (C=O) groups excluding carboxylic acids is 3. The molecule has 53 heavy (non-hydrogen) atoms. The van der Waals surface area contributed by atoms with Gasteiger partial charge in [-0.2, -0.15) is 0 Å². The predicted molar refractivity (Wildman–Crippen MR) is 190 cm³/mol. The topological polar surface area (TPSA) is 218 Å². The molecule has 0 aromatic carbocycles. The summed E-state index contributed by atoms with van der Waals surface area (Å²) in [5.74, 6) is -11.7. The van der Waals surface area contributed by atoms with Gasteiger partial charge in [-0.25, -0.2) is 0 Å². The van der Waals surface area contributed by atoms with Gasteiger partial charge in [0.1, 0.15) is 17.2 Å². The molecule has 0 spiro atoms. The van der Waals surface area contributed by atoms with Crippen LogP contribution in [0.25, 0.3) is 0 Å². The second-order valence-electron chi connectivity index (χ2n) is 14.4. The summed E-state index contributed by atoms with van der Waals surface area (Å²) < 4.78 is 11.7. The minimum atomic E-state index is -6.32. The summed E-state index contributed by atoms with van der Waals surface area (Å²) in [5, 5.41) is 54.8. The van der Waals surface area contributed by atoms with Crippen LogP contribution in [-0.2, 0) is 18.9 Å². The number of Topliss-reactive ketones (excluding diaryl/α,β-unsaturated/α-hetero) is 2. The summed E-state index contributed by atoms with van der Waals surface area (Å²) in [6.45, 7) is 2.82. The van der Waals surface area contributed by atoms with Crippen molar-refractivity contribution in [3.63, 3.8) is 0 Å². The van der Waals surface area contributed by atoms with E-state index < -0.39 is 67.5 Å². The van der Waals surface area contributed by atoms with E-state index in [0.717, 1.165) is 64.2 Å². The number of aliphatic hydroxyl groups is 4. The summed E-state index contributed by atoms with van der Waals surface area (Å²) in [6, 6.07) is 0. The average molecular weight is 803 g/mol. The second-order valence-corrected chi connectivity index (χ2v) is 16.0. The maximum absolute atomic E-state index is 13.4. The first kappa shape index (κ1) is 61.5. The van der Waals surface area contributed by atoms with E-state index >= 15 is 0 Å². The Morgan fingerprint density at radius 2 is 0.849 bits per heavy atom. The van der Waals surface area contributed by atoms with Crippen LogP contribution in [0.4, 0.5) is 0 Å². The third-order valence-electron chi connectivity index (χ3n) is 10.0. The van der Waals surface area contributed by atoms with Crippen molar-refractivity contribution in [2.24, 2.45) is 5.92 Å². The van der Waals surface area contributed by atoms with Crippen LogP contribution >= 0.6 is 7.60 Å². The molecular formula is C38H70Na3O11P. The summed E-state index contributed by atoms with van der Waals surface area (Å²) in [4.78, 5) is 62.3. The van der Waals surface area contributed by atoms with Crippen LogP contribution < -0.4 is 104 Å². The van der Waals surface area contributed by atoms with Crippen LogP contribution in [0.5, 0.6) is 0 Å². The van der Waals surface area contributed by atoms with Crippen LogP contribution in [0.1, 0.15) is 194 Å². The summed E-state index contributed by atoms with van der Waals surface area (Å²) in [7, 11) is -6.32. The van der Waals surface area contributed by atoms with E-state index in [1.807, 2.05) is 0 Å². The number of unbranched alkanes of at least 4 members (excludes halogenated alkanes) is 24. The van der Waals surface area contributed by atoms with Crippen molar-refractivity contribution >= 4 is 25.1 Å². The van der Waals surface area contributed by atoms with Crippen molar-refractivity contribution in [3.05, 3.63) is 0 Å². The standard InChI is InChI=1S/C38H73O11P.3Na/c1-3-5-7-9-11-13-15-17-19-21-23-25-27-29-32(40)34(38(46,35(42)43)36(44)50(47,48)49)37(45,31-39)33(41)30-28-26-24-22-20-18-16-14-12-10-8-6-4-2;;;/h34,36,39,44-46H,3-31H2,1-2H3,(H,42,43)(H2,47,48,49);;;/q;3*+1/p-3. The van der Waals surface area contributed by atoms with E-state index in [4.69, 9.17) is 0 Å². The fraction of sp³-hybridized carbons (Fsp3) is 0.921. The Hall–Kier alpha value is 1.80. The Morgan fingerprint density at radius 3 is 1.11 bits per heavy atom. The fourth-order valence-corrected chi connectivity index (χ4v) is 7.55. The summed E-state index contributed by atoms with van der Waals surface area (Å²) in [6.07, 6.45) is 25.3. The molecule has 0 fully saturated rings. The molecule has 0 heterocycles. The van der Waals surface area contributed by atoms with Gasteiger partial charge < -0.3 is 44.7 Å². The molecule has 15 heteroatoms. The van der Waals surface area contributed by atoms with E-state index in [1.54, 1.807) is 0 Å². The Kier molecular flexibility index (Phi) is 42.7.